The Morgan fingerprint density at radius 2 is 1.95 bits per heavy atom. The molecule has 0 unspecified atom stereocenters. The van der Waals surface area contributed by atoms with Gasteiger partial charge in [0.2, 0.25) is 5.91 Å². The molecule has 1 N–H and O–H groups in total. The van der Waals surface area contributed by atoms with E-state index < -0.39 is 23.2 Å². The van der Waals surface area contributed by atoms with Crippen LogP contribution in [0.2, 0.25) is 0 Å². The first-order chi connectivity index (χ1) is 9.44. The van der Waals surface area contributed by atoms with Crippen molar-refractivity contribution in [2.45, 2.75) is 26.7 Å². The molecular formula is C16H19NO3. The van der Waals surface area contributed by atoms with Gasteiger partial charge < -0.3 is 10.0 Å². The summed E-state index contributed by atoms with van der Waals surface area (Å²) < 4.78 is 0. The number of anilines is 1. The molecule has 3 rings (SSSR count). The van der Waals surface area contributed by atoms with Crippen LogP contribution in [0.1, 0.15) is 25.8 Å². The van der Waals surface area contributed by atoms with Crippen LogP contribution >= 0.6 is 0 Å². The number of benzene rings is 1. The number of carboxylic acid groups (broad SMARTS) is 1. The number of para-hydroxylation sites is 1. The molecule has 0 aromatic heterocycles. The van der Waals surface area contributed by atoms with E-state index in [4.69, 9.17) is 0 Å². The third-order valence-corrected chi connectivity index (χ3v) is 4.74. The van der Waals surface area contributed by atoms with Crippen molar-refractivity contribution in [3.63, 3.8) is 0 Å². The predicted octanol–water partition coefficient (Wildman–Crippen LogP) is 2.32. The molecular weight excluding hydrogens is 254 g/mol. The van der Waals surface area contributed by atoms with E-state index in [-0.39, 0.29) is 5.91 Å². The maximum Gasteiger partial charge on any atom is 0.307 e. The number of aliphatic carboxylic acids is 1. The quantitative estimate of drug-likeness (QED) is 0.899. The summed E-state index contributed by atoms with van der Waals surface area (Å²) in [5.41, 5.74) is 1.70. The van der Waals surface area contributed by atoms with Crippen LogP contribution in [0.4, 0.5) is 5.69 Å². The normalized spacial score (nSPS) is 26.8. The first-order valence-corrected chi connectivity index (χ1v) is 7.06. The molecule has 4 nitrogen and oxygen atoms in total. The number of carbonyl (C=O) groups is 2. The second kappa shape index (κ2) is 4.33. The summed E-state index contributed by atoms with van der Waals surface area (Å²) >= 11 is 0. The van der Waals surface area contributed by atoms with Crippen LogP contribution in [0.15, 0.2) is 24.3 Å². The van der Waals surface area contributed by atoms with Crippen LogP contribution in [-0.2, 0) is 16.0 Å². The van der Waals surface area contributed by atoms with Crippen LogP contribution in [0, 0.1) is 17.3 Å². The van der Waals surface area contributed by atoms with Crippen LogP contribution in [-0.4, -0.2) is 23.5 Å². The molecule has 2 atom stereocenters. The number of carbonyl (C=O) groups excluding carboxylic acids is 1. The van der Waals surface area contributed by atoms with Gasteiger partial charge >= 0.3 is 5.97 Å². The average molecular weight is 273 g/mol. The van der Waals surface area contributed by atoms with Gasteiger partial charge in [0.15, 0.2) is 0 Å². The molecule has 1 heterocycles. The fourth-order valence-electron chi connectivity index (χ4n) is 3.49. The second-order valence-corrected chi connectivity index (χ2v) is 6.34. The summed E-state index contributed by atoms with van der Waals surface area (Å²) in [5, 5.41) is 9.23. The Kier molecular flexibility index (Phi) is 2.85. The topological polar surface area (TPSA) is 57.6 Å². The average Bonchev–Trinajstić information content (AvgIpc) is 3.00. The number of amides is 1. The Balaban J connectivity index is 1.89. The lowest BCUT2D eigenvalue weighted by Crippen LogP contribution is -2.37. The van der Waals surface area contributed by atoms with Crippen molar-refractivity contribution in [1.29, 1.82) is 0 Å². The zero-order chi connectivity index (χ0) is 14.5. The van der Waals surface area contributed by atoms with E-state index in [1.54, 1.807) is 4.90 Å². The van der Waals surface area contributed by atoms with Gasteiger partial charge in [0.05, 0.1) is 11.8 Å². The summed E-state index contributed by atoms with van der Waals surface area (Å²) in [6, 6.07) is 7.91. The van der Waals surface area contributed by atoms with E-state index in [0.29, 0.717) is 6.54 Å². The van der Waals surface area contributed by atoms with Crippen molar-refractivity contribution in [2.24, 2.45) is 17.3 Å². The van der Waals surface area contributed by atoms with Crippen molar-refractivity contribution in [3.05, 3.63) is 29.8 Å². The van der Waals surface area contributed by atoms with Crippen molar-refractivity contribution >= 4 is 17.6 Å². The van der Waals surface area contributed by atoms with Crippen LogP contribution < -0.4 is 4.90 Å². The Morgan fingerprint density at radius 3 is 2.60 bits per heavy atom. The van der Waals surface area contributed by atoms with E-state index in [2.05, 4.69) is 0 Å². The molecule has 1 fully saturated rings. The van der Waals surface area contributed by atoms with Crippen LogP contribution in [0.3, 0.4) is 0 Å². The molecule has 2 aliphatic rings. The first kappa shape index (κ1) is 13.2. The van der Waals surface area contributed by atoms with E-state index in [9.17, 15) is 14.7 Å². The molecule has 1 aromatic carbocycles. The highest BCUT2D eigenvalue weighted by Gasteiger charge is 2.66. The minimum Gasteiger partial charge on any atom is -0.481 e. The Bertz CT molecular complexity index is 579. The van der Waals surface area contributed by atoms with Crippen molar-refractivity contribution in [3.8, 4) is 0 Å². The lowest BCUT2D eigenvalue weighted by molar-refractivity contribution is -0.140. The van der Waals surface area contributed by atoms with E-state index >= 15 is 0 Å². The molecule has 1 aliphatic carbocycles. The van der Waals surface area contributed by atoms with Crippen molar-refractivity contribution in [2.75, 3.05) is 11.4 Å². The number of hydrogen-bond acceptors (Lipinski definition) is 2. The van der Waals surface area contributed by atoms with Gasteiger partial charge in [-0.1, -0.05) is 32.0 Å². The van der Waals surface area contributed by atoms with E-state index in [1.807, 2.05) is 38.1 Å². The third kappa shape index (κ3) is 1.82. The highest BCUT2D eigenvalue weighted by Crippen LogP contribution is 2.59. The largest absolute Gasteiger partial charge is 0.481 e. The molecule has 0 spiro atoms. The SMILES string of the molecule is CC1(C)[C@@H](C(=O)O)[C@@H]1C(=O)N1CCCc2ccccc21. The fourth-order valence-corrected chi connectivity index (χ4v) is 3.49. The van der Waals surface area contributed by atoms with E-state index in [1.165, 1.54) is 5.56 Å². The number of nitrogens with zero attached hydrogens (tertiary/aromatic N) is 1. The Morgan fingerprint density at radius 1 is 1.25 bits per heavy atom. The zero-order valence-electron chi connectivity index (χ0n) is 11.8. The molecule has 0 radical (unpaired) electrons. The molecule has 4 heteroatoms. The summed E-state index contributed by atoms with van der Waals surface area (Å²) in [4.78, 5) is 25.8. The third-order valence-electron chi connectivity index (χ3n) is 4.74. The molecule has 1 aliphatic heterocycles. The molecule has 0 bridgehead atoms. The lowest BCUT2D eigenvalue weighted by Gasteiger charge is -2.30. The van der Waals surface area contributed by atoms with Gasteiger partial charge in [0.1, 0.15) is 0 Å². The predicted molar refractivity (Wildman–Crippen MR) is 75.5 cm³/mol. The number of carboxylic acids is 1. The number of aryl methyl sites for hydroxylation is 1. The maximum atomic E-state index is 12.7. The zero-order valence-corrected chi connectivity index (χ0v) is 11.8. The standard InChI is InChI=1S/C16H19NO3/c1-16(2)12(13(16)15(19)20)14(18)17-9-5-7-10-6-3-4-8-11(10)17/h3-4,6,8,12-13H,5,7,9H2,1-2H3,(H,19,20)/t12-,13-/m1/s1. The summed E-state index contributed by atoms with van der Waals surface area (Å²) in [5.74, 6) is -1.84. The Labute approximate surface area is 118 Å². The molecule has 0 saturated heterocycles. The maximum absolute atomic E-state index is 12.7. The fraction of sp³-hybridized carbons (Fsp3) is 0.500. The lowest BCUT2D eigenvalue weighted by atomic mass is 10.0. The summed E-state index contributed by atoms with van der Waals surface area (Å²) in [7, 11) is 0. The Hall–Kier alpha value is -1.84. The monoisotopic (exact) mass is 273 g/mol. The first-order valence-electron chi connectivity index (χ1n) is 7.06. The van der Waals surface area contributed by atoms with Gasteiger partial charge in [-0.2, -0.15) is 0 Å². The molecule has 20 heavy (non-hydrogen) atoms. The number of hydrogen-bond donors (Lipinski definition) is 1. The highest BCUT2D eigenvalue weighted by atomic mass is 16.4. The van der Waals surface area contributed by atoms with Crippen LogP contribution in [0.5, 0.6) is 0 Å². The van der Waals surface area contributed by atoms with Crippen LogP contribution in [0.25, 0.3) is 0 Å². The molecule has 1 aromatic rings. The molecule has 1 saturated carbocycles. The smallest absolute Gasteiger partial charge is 0.307 e. The molecule has 1 amide bonds. The number of fused-ring (bicyclic) bond motifs is 1. The van der Waals surface area contributed by atoms with Gasteiger partial charge in [-0.05, 0) is 29.9 Å². The van der Waals surface area contributed by atoms with Gasteiger partial charge in [0, 0.05) is 12.2 Å². The molecule has 106 valence electrons. The summed E-state index contributed by atoms with van der Waals surface area (Å²) in [6.45, 7) is 4.42. The van der Waals surface area contributed by atoms with Gasteiger partial charge in [-0.25, -0.2) is 0 Å². The minimum absolute atomic E-state index is 0.0328. The van der Waals surface area contributed by atoms with Crippen molar-refractivity contribution in [1.82, 2.24) is 0 Å². The van der Waals surface area contributed by atoms with Gasteiger partial charge in [-0.15, -0.1) is 0 Å². The van der Waals surface area contributed by atoms with Gasteiger partial charge in [0.25, 0.3) is 0 Å². The second-order valence-electron chi connectivity index (χ2n) is 6.34. The van der Waals surface area contributed by atoms with Gasteiger partial charge in [-0.3, -0.25) is 9.59 Å². The van der Waals surface area contributed by atoms with Crippen molar-refractivity contribution < 1.29 is 14.7 Å². The highest BCUT2D eigenvalue weighted by molar-refractivity contribution is 6.02. The minimum atomic E-state index is -0.862. The number of rotatable bonds is 2. The van der Waals surface area contributed by atoms with E-state index in [0.717, 1.165) is 18.5 Å². The summed E-state index contributed by atoms with van der Waals surface area (Å²) in [6.07, 6.45) is 1.92.